The van der Waals surface area contributed by atoms with Crippen molar-refractivity contribution in [2.45, 2.75) is 32.7 Å². The number of H-pyrrole nitrogens is 1. The van der Waals surface area contributed by atoms with Crippen LogP contribution < -0.4 is 5.56 Å². The van der Waals surface area contributed by atoms with Gasteiger partial charge < -0.3 is 14.6 Å². The number of rotatable bonds is 4. The first kappa shape index (κ1) is 21.0. The van der Waals surface area contributed by atoms with Gasteiger partial charge in [-0.15, -0.1) is 11.3 Å². The lowest BCUT2D eigenvalue weighted by atomic mass is 9.84. The summed E-state index contributed by atoms with van der Waals surface area (Å²) < 4.78 is 6.26. The van der Waals surface area contributed by atoms with E-state index in [4.69, 9.17) is 27.9 Å². The smallest absolute Gasteiger partial charge is 0.256 e. The number of aryl methyl sites for hydroxylation is 1. The number of carbonyl (C=O) groups excluding carboxylic acids is 1. The van der Waals surface area contributed by atoms with Gasteiger partial charge in [-0.2, -0.15) is 0 Å². The Kier molecular flexibility index (Phi) is 5.37. The highest BCUT2D eigenvalue weighted by Gasteiger charge is 2.34. The van der Waals surface area contributed by atoms with Gasteiger partial charge in [-0.05, 0) is 47.9 Å². The molecule has 31 heavy (non-hydrogen) atoms. The SMILES string of the molecule is Cc1[nH]c(=O)c(CN2CCc3c(Cl)cc(C(C)C4COC4)c(Cl)c3C2=O)c2sccc12. The van der Waals surface area contributed by atoms with E-state index in [0.717, 1.165) is 26.9 Å². The molecule has 2 aliphatic rings. The molecule has 0 saturated carbocycles. The van der Waals surface area contributed by atoms with E-state index in [1.807, 2.05) is 24.4 Å². The number of aromatic nitrogens is 1. The normalized spacial score (nSPS) is 17.7. The molecule has 1 amide bonds. The molecule has 1 fully saturated rings. The molecule has 1 N–H and O–H groups in total. The summed E-state index contributed by atoms with van der Waals surface area (Å²) in [6, 6.07) is 3.91. The first-order valence-corrected chi connectivity index (χ1v) is 12.0. The van der Waals surface area contributed by atoms with Crippen molar-refractivity contribution in [3.05, 3.63) is 65.9 Å². The zero-order valence-electron chi connectivity index (χ0n) is 17.3. The molecule has 2 aliphatic heterocycles. The van der Waals surface area contributed by atoms with Gasteiger partial charge in [0, 0.05) is 33.3 Å². The second kappa shape index (κ2) is 7.93. The molecular weight excluding hydrogens is 455 g/mol. The molecule has 5 nitrogen and oxygen atoms in total. The lowest BCUT2D eigenvalue weighted by Crippen LogP contribution is -2.39. The number of fused-ring (bicyclic) bond motifs is 2. The third-order valence-corrected chi connectivity index (χ3v) is 8.33. The van der Waals surface area contributed by atoms with Crippen LogP contribution in [0.25, 0.3) is 10.1 Å². The van der Waals surface area contributed by atoms with Crippen molar-refractivity contribution in [1.29, 1.82) is 0 Å². The molecule has 1 unspecified atom stereocenters. The van der Waals surface area contributed by atoms with E-state index in [1.165, 1.54) is 11.3 Å². The Labute approximate surface area is 193 Å². The van der Waals surface area contributed by atoms with Gasteiger partial charge in [-0.25, -0.2) is 0 Å². The van der Waals surface area contributed by atoms with E-state index in [1.54, 1.807) is 4.90 Å². The topological polar surface area (TPSA) is 62.4 Å². The molecule has 0 spiro atoms. The van der Waals surface area contributed by atoms with Gasteiger partial charge in [0.1, 0.15) is 0 Å². The maximum Gasteiger partial charge on any atom is 0.256 e. The number of carbonyl (C=O) groups is 1. The number of amides is 1. The highest BCUT2D eigenvalue weighted by molar-refractivity contribution is 7.17. The van der Waals surface area contributed by atoms with Gasteiger partial charge in [-0.3, -0.25) is 9.59 Å². The van der Waals surface area contributed by atoms with Crippen molar-refractivity contribution < 1.29 is 9.53 Å². The van der Waals surface area contributed by atoms with E-state index >= 15 is 0 Å². The van der Waals surface area contributed by atoms with Crippen molar-refractivity contribution >= 4 is 50.5 Å². The Morgan fingerprint density at radius 2 is 2.10 bits per heavy atom. The molecule has 162 valence electrons. The number of nitrogens with one attached hydrogen (secondary N) is 1. The van der Waals surface area contributed by atoms with E-state index in [2.05, 4.69) is 11.9 Å². The Bertz CT molecular complexity index is 1260. The molecular formula is C23H22Cl2N2O3S. The molecule has 2 aromatic heterocycles. The van der Waals surface area contributed by atoms with E-state index < -0.39 is 0 Å². The van der Waals surface area contributed by atoms with Gasteiger partial charge in [-0.1, -0.05) is 30.1 Å². The van der Waals surface area contributed by atoms with Crippen molar-refractivity contribution in [3.63, 3.8) is 0 Å². The van der Waals surface area contributed by atoms with Gasteiger partial charge in [0.05, 0.1) is 35.9 Å². The Balaban J connectivity index is 1.53. The predicted octanol–water partition coefficient (Wildman–Crippen LogP) is 5.15. The van der Waals surface area contributed by atoms with Gasteiger partial charge in [0.25, 0.3) is 11.5 Å². The predicted molar refractivity (Wildman–Crippen MR) is 125 cm³/mol. The summed E-state index contributed by atoms with van der Waals surface area (Å²) in [5.74, 6) is 0.356. The molecule has 0 radical (unpaired) electrons. The van der Waals surface area contributed by atoms with Crippen molar-refractivity contribution in [3.8, 4) is 0 Å². The van der Waals surface area contributed by atoms with Crippen molar-refractivity contribution in [2.75, 3.05) is 19.8 Å². The lowest BCUT2D eigenvalue weighted by molar-refractivity contribution is -0.0423. The first-order chi connectivity index (χ1) is 14.9. The van der Waals surface area contributed by atoms with E-state index in [-0.39, 0.29) is 23.9 Å². The first-order valence-electron chi connectivity index (χ1n) is 10.3. The molecule has 5 rings (SSSR count). The van der Waals surface area contributed by atoms with Gasteiger partial charge in [0.2, 0.25) is 0 Å². The second-order valence-corrected chi connectivity index (χ2v) is 10.1. The number of aromatic amines is 1. The zero-order valence-corrected chi connectivity index (χ0v) is 19.6. The summed E-state index contributed by atoms with van der Waals surface area (Å²) in [6.07, 6.45) is 0.609. The summed E-state index contributed by atoms with van der Waals surface area (Å²) in [5.41, 5.74) is 3.48. The number of benzene rings is 1. The molecule has 1 aromatic carbocycles. The Hall–Kier alpha value is -1.86. The van der Waals surface area contributed by atoms with Crippen LogP contribution in [0.3, 0.4) is 0 Å². The summed E-state index contributed by atoms with van der Waals surface area (Å²) in [4.78, 5) is 30.9. The van der Waals surface area contributed by atoms with Gasteiger partial charge in [0.15, 0.2) is 0 Å². The summed E-state index contributed by atoms with van der Waals surface area (Å²) in [6.45, 7) is 6.11. The maximum absolute atomic E-state index is 13.5. The minimum absolute atomic E-state index is 0.150. The Morgan fingerprint density at radius 1 is 1.32 bits per heavy atom. The molecule has 1 atom stereocenters. The minimum Gasteiger partial charge on any atom is -0.381 e. The van der Waals surface area contributed by atoms with Crippen LogP contribution in [0.1, 0.15) is 45.6 Å². The lowest BCUT2D eigenvalue weighted by Gasteiger charge is -2.34. The largest absolute Gasteiger partial charge is 0.381 e. The van der Waals surface area contributed by atoms with Crippen LogP contribution in [0.5, 0.6) is 0 Å². The molecule has 4 heterocycles. The fourth-order valence-corrected chi connectivity index (χ4v) is 6.24. The standard InChI is InChI=1S/C23H22Cl2N2O3S/c1-11(13-9-30-10-13)16-7-18(24)15-3-5-27(23(29)19(15)20(16)25)8-17-21-14(4-6-31-21)12(2)26-22(17)28/h4,6-7,11,13H,3,5,8-10H2,1-2H3,(H,26,28). The zero-order chi connectivity index (χ0) is 21.9. The molecule has 0 bridgehead atoms. The Morgan fingerprint density at radius 3 is 2.81 bits per heavy atom. The quantitative estimate of drug-likeness (QED) is 0.565. The summed E-state index contributed by atoms with van der Waals surface area (Å²) >= 11 is 14.9. The number of hydrogen-bond donors (Lipinski definition) is 1. The number of halogens is 2. The third-order valence-electron chi connectivity index (χ3n) is 6.61. The van der Waals surface area contributed by atoms with Crippen LogP contribution in [-0.2, 0) is 17.7 Å². The summed E-state index contributed by atoms with van der Waals surface area (Å²) in [7, 11) is 0. The summed E-state index contributed by atoms with van der Waals surface area (Å²) in [5, 5.41) is 4.05. The number of hydrogen-bond acceptors (Lipinski definition) is 4. The van der Waals surface area contributed by atoms with Crippen LogP contribution in [-0.4, -0.2) is 35.5 Å². The highest BCUT2D eigenvalue weighted by atomic mass is 35.5. The third kappa shape index (κ3) is 3.41. The molecule has 8 heteroatoms. The average Bonchev–Trinajstić information content (AvgIpc) is 3.17. The monoisotopic (exact) mass is 476 g/mol. The maximum atomic E-state index is 13.5. The number of nitrogens with zero attached hydrogens (tertiary/aromatic N) is 1. The number of pyridine rings is 1. The molecule has 0 aliphatic carbocycles. The van der Waals surface area contributed by atoms with Crippen LogP contribution in [0.15, 0.2) is 22.3 Å². The highest BCUT2D eigenvalue weighted by Crippen LogP contribution is 2.41. The van der Waals surface area contributed by atoms with Crippen LogP contribution in [0.2, 0.25) is 10.0 Å². The van der Waals surface area contributed by atoms with Crippen molar-refractivity contribution in [2.24, 2.45) is 5.92 Å². The molecule has 1 saturated heterocycles. The minimum atomic E-state index is -0.170. The molecule has 3 aromatic rings. The fourth-order valence-electron chi connectivity index (χ4n) is 4.52. The van der Waals surface area contributed by atoms with Crippen molar-refractivity contribution in [1.82, 2.24) is 9.88 Å². The second-order valence-electron chi connectivity index (χ2n) is 8.40. The van der Waals surface area contributed by atoms with E-state index in [9.17, 15) is 9.59 Å². The van der Waals surface area contributed by atoms with Crippen LogP contribution in [0, 0.1) is 12.8 Å². The van der Waals surface area contributed by atoms with Crippen LogP contribution in [0.4, 0.5) is 0 Å². The number of thiophene rings is 1. The van der Waals surface area contributed by atoms with Crippen LogP contribution >= 0.6 is 34.5 Å². The fraction of sp³-hybridized carbons (Fsp3) is 0.391. The average molecular weight is 477 g/mol. The van der Waals surface area contributed by atoms with E-state index in [0.29, 0.717) is 53.3 Å². The number of ether oxygens (including phenoxy) is 1. The van der Waals surface area contributed by atoms with Gasteiger partial charge >= 0.3 is 0 Å².